The molecule has 0 aliphatic heterocycles. The van der Waals surface area contributed by atoms with Gasteiger partial charge >= 0.3 is 0 Å². The van der Waals surface area contributed by atoms with Crippen molar-refractivity contribution in [2.45, 2.75) is 0 Å². The van der Waals surface area contributed by atoms with Crippen LogP contribution in [0.2, 0.25) is 0 Å². The van der Waals surface area contributed by atoms with Gasteiger partial charge in [0.25, 0.3) is 0 Å². The van der Waals surface area contributed by atoms with Gasteiger partial charge in [-0.25, -0.2) is 0 Å². The normalized spacial score (nSPS) is 0. The number of hydrogen-bond donors (Lipinski definition) is 0. The Kier molecular flexibility index (Phi) is 854. The maximum atomic E-state index is 0. The molecule has 0 aromatic heterocycles. The Morgan fingerprint density at radius 3 is 0.222 bits per heavy atom. The fourth-order valence-electron chi connectivity index (χ4n) is 0. The first-order chi connectivity index (χ1) is 0. The Morgan fingerprint density at radius 1 is 0.222 bits per heavy atom. The standard InChI is InChI=1S/7Al.2Fe.21H. The molecule has 0 aliphatic carbocycles. The number of rotatable bonds is 0. The summed E-state index contributed by atoms with van der Waals surface area (Å²) in [5, 5.41) is 0. The van der Waals surface area contributed by atoms with Crippen molar-refractivity contribution in [3.05, 3.63) is 0 Å². The molecule has 0 aromatic carbocycles. The van der Waals surface area contributed by atoms with Crippen molar-refractivity contribution >= 4 is 122 Å². The molecule has 0 fully saturated rings. The molecule has 0 aliphatic rings. The Balaban J connectivity index is 0. The van der Waals surface area contributed by atoms with Crippen molar-refractivity contribution < 1.29 is 34.1 Å². The zero-order valence-electron chi connectivity index (χ0n) is 0.707. The van der Waals surface area contributed by atoms with Crippen LogP contribution in [0.1, 0.15) is 0 Å². The summed E-state index contributed by atoms with van der Waals surface area (Å²) in [6.45, 7) is 0. The average molecular weight is 322 g/mol. The molecule has 9 heavy (non-hydrogen) atoms. The molecule has 0 aromatic rings. The smallest absolute Gasteiger partial charge is 0 e. The van der Waals surface area contributed by atoms with Crippen LogP contribution in [0.25, 0.3) is 0 Å². The van der Waals surface area contributed by atoms with Crippen LogP contribution in [0.4, 0.5) is 0 Å². The first-order valence-electron chi connectivity index (χ1n) is 0. The van der Waals surface area contributed by atoms with Gasteiger partial charge < -0.3 is 0 Å². The Labute approximate surface area is 153 Å². The van der Waals surface area contributed by atoms with Crippen LogP contribution >= 0.6 is 0 Å². The van der Waals surface area contributed by atoms with Gasteiger partial charge in [0.2, 0.25) is 0 Å². The van der Waals surface area contributed by atoms with Crippen molar-refractivity contribution in [3.63, 3.8) is 0 Å². The van der Waals surface area contributed by atoms with Crippen LogP contribution < -0.4 is 0 Å². The van der Waals surface area contributed by atoms with Gasteiger partial charge in [-0.1, -0.05) is 0 Å². The van der Waals surface area contributed by atoms with E-state index in [9.17, 15) is 0 Å². The monoisotopic (exact) mass is 322 g/mol. The summed E-state index contributed by atoms with van der Waals surface area (Å²) in [4.78, 5) is 0. The maximum absolute atomic E-state index is 0. The molecule has 58 valence electrons. The van der Waals surface area contributed by atoms with E-state index >= 15 is 0 Å². The van der Waals surface area contributed by atoms with Gasteiger partial charge in [0.15, 0.2) is 122 Å². The Hall–Kier alpha value is 4.77. The molecule has 0 radical (unpaired) electrons. The SMILES string of the molecule is [AlH3].[AlH3].[AlH3].[AlH3].[AlH3].[AlH3].[AlH3].[Fe].[Fe]. The van der Waals surface area contributed by atoms with Gasteiger partial charge in [-0.2, -0.15) is 0 Å². The molecular formula is H21Al7Fe2. The van der Waals surface area contributed by atoms with Gasteiger partial charge in [0.05, 0.1) is 0 Å². The average Bonchev–Trinajstić information content (AvgIpc) is 0. The summed E-state index contributed by atoms with van der Waals surface area (Å²) >= 11 is 0. The van der Waals surface area contributed by atoms with Gasteiger partial charge in [-0.15, -0.1) is 0 Å². The predicted octanol–water partition coefficient (Wildman–Crippen LogP) is -8.29. The molecular weight excluding hydrogens is 301 g/mol. The summed E-state index contributed by atoms with van der Waals surface area (Å²) in [6.07, 6.45) is 0. The maximum Gasteiger partial charge on any atom is 0.187 e. The molecule has 0 saturated heterocycles. The molecule has 0 bridgehead atoms. The van der Waals surface area contributed by atoms with E-state index in [1.807, 2.05) is 0 Å². The zero-order valence-corrected chi connectivity index (χ0v) is 2.92. The van der Waals surface area contributed by atoms with E-state index in [1.54, 1.807) is 0 Å². The summed E-state index contributed by atoms with van der Waals surface area (Å²) in [7, 11) is 0. The fraction of sp³-hybridized carbons (Fsp3) is 0. The minimum Gasteiger partial charge on any atom is 0 e. The van der Waals surface area contributed by atoms with E-state index in [1.165, 1.54) is 0 Å². The summed E-state index contributed by atoms with van der Waals surface area (Å²) in [5.74, 6) is 0. The quantitative estimate of drug-likeness (QED) is 0.389. The summed E-state index contributed by atoms with van der Waals surface area (Å²) in [6, 6.07) is 0. The molecule has 0 atom stereocenters. The number of hydrogen-bond acceptors (Lipinski definition) is 0. The van der Waals surface area contributed by atoms with E-state index in [0.717, 1.165) is 0 Å². The van der Waals surface area contributed by atoms with E-state index < -0.39 is 0 Å². The molecule has 0 saturated carbocycles. The minimum absolute atomic E-state index is 0. The Morgan fingerprint density at radius 2 is 0.222 bits per heavy atom. The second-order valence-corrected chi connectivity index (χ2v) is 0. The van der Waals surface area contributed by atoms with Crippen LogP contribution in [-0.4, -0.2) is 122 Å². The Bertz CT molecular complexity index is 6.88. The second kappa shape index (κ2) is 77.8. The largest absolute Gasteiger partial charge is 0.187 e. The van der Waals surface area contributed by atoms with Gasteiger partial charge in [-0.05, 0) is 0 Å². The van der Waals surface area contributed by atoms with Crippen molar-refractivity contribution in [3.8, 4) is 0 Å². The van der Waals surface area contributed by atoms with E-state index in [-0.39, 0.29) is 156 Å². The first-order valence-corrected chi connectivity index (χ1v) is 0. The first kappa shape index (κ1) is 98.8. The third-order valence-corrected chi connectivity index (χ3v) is 0. The molecule has 9 heteroatoms. The minimum atomic E-state index is 0. The molecule has 0 nitrogen and oxygen atoms in total. The van der Waals surface area contributed by atoms with Crippen LogP contribution in [0.3, 0.4) is 0 Å². The predicted molar refractivity (Wildman–Crippen MR) is 69.6 cm³/mol. The van der Waals surface area contributed by atoms with Crippen LogP contribution in [0.15, 0.2) is 0 Å². The summed E-state index contributed by atoms with van der Waals surface area (Å²) < 4.78 is 0. The van der Waals surface area contributed by atoms with Crippen molar-refractivity contribution in [2.24, 2.45) is 0 Å². The van der Waals surface area contributed by atoms with E-state index in [0.29, 0.717) is 0 Å². The third kappa shape index (κ3) is 65.1. The van der Waals surface area contributed by atoms with Crippen molar-refractivity contribution in [1.29, 1.82) is 0 Å². The van der Waals surface area contributed by atoms with Crippen LogP contribution in [0.5, 0.6) is 0 Å². The second-order valence-electron chi connectivity index (χ2n) is 0. The van der Waals surface area contributed by atoms with E-state index in [2.05, 4.69) is 0 Å². The zero-order chi connectivity index (χ0) is 0. The topological polar surface area (TPSA) is 0 Å². The molecule has 0 amide bonds. The molecule has 0 N–H and O–H groups in total. The third-order valence-electron chi connectivity index (χ3n) is 0. The molecule has 0 spiro atoms. The van der Waals surface area contributed by atoms with Crippen LogP contribution in [0, 0.1) is 0 Å². The fourth-order valence-corrected chi connectivity index (χ4v) is 0. The molecule has 0 unspecified atom stereocenters. The summed E-state index contributed by atoms with van der Waals surface area (Å²) in [5.41, 5.74) is 0. The van der Waals surface area contributed by atoms with Gasteiger partial charge in [0.1, 0.15) is 0 Å². The van der Waals surface area contributed by atoms with Gasteiger partial charge in [0, 0.05) is 34.1 Å². The van der Waals surface area contributed by atoms with Crippen LogP contribution in [-0.2, 0) is 34.1 Å². The van der Waals surface area contributed by atoms with Crippen molar-refractivity contribution in [2.75, 3.05) is 0 Å². The molecule has 0 rings (SSSR count). The van der Waals surface area contributed by atoms with Crippen molar-refractivity contribution in [1.82, 2.24) is 0 Å². The van der Waals surface area contributed by atoms with E-state index in [4.69, 9.17) is 0 Å². The molecule has 0 heterocycles. The van der Waals surface area contributed by atoms with Gasteiger partial charge in [-0.3, -0.25) is 0 Å².